The van der Waals surface area contributed by atoms with Gasteiger partial charge in [-0.25, -0.2) is 0 Å². The van der Waals surface area contributed by atoms with Crippen LogP contribution >= 0.6 is 0 Å². The summed E-state index contributed by atoms with van der Waals surface area (Å²) < 4.78 is 2.22. The fourth-order valence-corrected chi connectivity index (χ4v) is 4.64. The summed E-state index contributed by atoms with van der Waals surface area (Å²) in [5, 5.41) is 11.1. The fourth-order valence-electron chi connectivity index (χ4n) is 4.64. The molecule has 29 heavy (non-hydrogen) atoms. The summed E-state index contributed by atoms with van der Waals surface area (Å²) in [5.41, 5.74) is 8.09. The molecular formula is C24H16N3O2+. The van der Waals surface area contributed by atoms with E-state index in [9.17, 15) is 10.1 Å². The van der Waals surface area contributed by atoms with Gasteiger partial charge in [-0.1, -0.05) is 42.5 Å². The van der Waals surface area contributed by atoms with Crippen molar-refractivity contribution in [1.82, 2.24) is 4.58 Å². The number of anilines is 2. The molecule has 0 saturated heterocycles. The summed E-state index contributed by atoms with van der Waals surface area (Å²) in [6, 6.07) is 23.7. The van der Waals surface area contributed by atoms with Gasteiger partial charge in [-0.15, -0.1) is 0 Å². The molecule has 5 heteroatoms. The average molecular weight is 378 g/mol. The molecule has 0 spiro atoms. The van der Waals surface area contributed by atoms with Gasteiger partial charge < -0.3 is 4.90 Å². The van der Waals surface area contributed by atoms with Crippen LogP contribution < -0.4 is 9.48 Å². The van der Waals surface area contributed by atoms with E-state index in [1.165, 1.54) is 16.8 Å². The highest BCUT2D eigenvalue weighted by atomic mass is 16.6. The van der Waals surface area contributed by atoms with E-state index >= 15 is 0 Å². The number of nitro groups is 1. The van der Waals surface area contributed by atoms with Crippen LogP contribution in [0, 0.1) is 10.1 Å². The third kappa shape index (κ3) is 2.12. The van der Waals surface area contributed by atoms with Gasteiger partial charge in [0, 0.05) is 42.0 Å². The quantitative estimate of drug-likeness (QED) is 0.343. The SMILES string of the molecule is O=[N+]([O-])c1ccc([N+]2=C3C=CC=C4c5ccccc5N(c5ccccc52)C43)cc1. The summed E-state index contributed by atoms with van der Waals surface area (Å²) in [6.45, 7) is 0. The number of rotatable bonds is 2. The highest BCUT2D eigenvalue weighted by Gasteiger charge is 2.47. The molecule has 2 aliphatic heterocycles. The zero-order chi connectivity index (χ0) is 19.5. The fraction of sp³-hybridized carbons (Fsp3) is 0.0417. The van der Waals surface area contributed by atoms with Gasteiger partial charge in [0.15, 0.2) is 0 Å². The maximum absolute atomic E-state index is 11.1. The molecule has 3 aliphatic rings. The van der Waals surface area contributed by atoms with Crippen molar-refractivity contribution in [3.8, 4) is 0 Å². The number of allylic oxidation sites excluding steroid dienone is 2. The first-order chi connectivity index (χ1) is 14.2. The molecule has 0 radical (unpaired) electrons. The molecule has 1 atom stereocenters. The van der Waals surface area contributed by atoms with Crippen molar-refractivity contribution in [2.45, 2.75) is 6.04 Å². The first-order valence-corrected chi connectivity index (χ1v) is 9.51. The topological polar surface area (TPSA) is 49.4 Å². The third-order valence-electron chi connectivity index (χ3n) is 5.81. The lowest BCUT2D eigenvalue weighted by Crippen LogP contribution is -2.43. The predicted octanol–water partition coefficient (Wildman–Crippen LogP) is 5.36. The lowest BCUT2D eigenvalue weighted by atomic mass is 9.92. The van der Waals surface area contributed by atoms with Crippen molar-refractivity contribution >= 4 is 39.7 Å². The van der Waals surface area contributed by atoms with Crippen molar-refractivity contribution in [3.05, 3.63) is 107 Å². The second kappa shape index (κ2) is 5.75. The largest absolute Gasteiger partial charge is 0.318 e. The van der Waals surface area contributed by atoms with E-state index < -0.39 is 0 Å². The third-order valence-corrected chi connectivity index (χ3v) is 5.81. The summed E-state index contributed by atoms with van der Waals surface area (Å²) in [7, 11) is 0. The van der Waals surface area contributed by atoms with Crippen LogP contribution in [-0.2, 0) is 0 Å². The number of hydrogen-bond donors (Lipinski definition) is 0. The summed E-state index contributed by atoms with van der Waals surface area (Å²) in [5.74, 6) is 0. The van der Waals surface area contributed by atoms with E-state index in [1.807, 2.05) is 18.2 Å². The van der Waals surface area contributed by atoms with Crippen LogP contribution in [0.2, 0.25) is 0 Å². The van der Waals surface area contributed by atoms with Gasteiger partial charge in [0.05, 0.1) is 10.6 Å². The van der Waals surface area contributed by atoms with E-state index in [4.69, 9.17) is 0 Å². The van der Waals surface area contributed by atoms with Gasteiger partial charge in [-0.2, -0.15) is 4.58 Å². The predicted molar refractivity (Wildman–Crippen MR) is 115 cm³/mol. The van der Waals surface area contributed by atoms with E-state index in [1.54, 1.807) is 12.1 Å². The second-order valence-electron chi connectivity index (χ2n) is 7.29. The minimum atomic E-state index is -0.363. The maximum atomic E-state index is 11.1. The number of fused-ring (bicyclic) bond motifs is 5. The smallest absolute Gasteiger partial charge is 0.269 e. The number of benzene rings is 3. The molecule has 6 rings (SSSR count). The first kappa shape index (κ1) is 16.0. The van der Waals surface area contributed by atoms with Crippen LogP contribution in [0.3, 0.4) is 0 Å². The minimum Gasteiger partial charge on any atom is -0.318 e. The van der Waals surface area contributed by atoms with E-state index in [0.717, 1.165) is 22.8 Å². The summed E-state index contributed by atoms with van der Waals surface area (Å²) in [6.07, 6.45) is 6.42. The zero-order valence-electron chi connectivity index (χ0n) is 15.4. The summed E-state index contributed by atoms with van der Waals surface area (Å²) in [4.78, 5) is 13.1. The van der Waals surface area contributed by atoms with Gasteiger partial charge in [0.25, 0.3) is 5.69 Å². The van der Waals surface area contributed by atoms with E-state index in [0.29, 0.717) is 0 Å². The first-order valence-electron chi connectivity index (χ1n) is 9.51. The van der Waals surface area contributed by atoms with E-state index in [2.05, 4.69) is 70.2 Å². The van der Waals surface area contributed by atoms with Gasteiger partial charge in [-0.3, -0.25) is 10.1 Å². The molecule has 0 fully saturated rings. The zero-order valence-corrected chi connectivity index (χ0v) is 15.4. The Hall–Kier alpha value is -3.99. The highest BCUT2D eigenvalue weighted by molar-refractivity contribution is 6.21. The standard InChI is InChI=1S/C24H16N3O2/c28-27(29)17-14-12-16(13-15-17)25-21-9-3-4-10-22(21)26-20-8-2-1-6-18(20)19-7-5-11-23(25)24(19)26/h1-15,24H/q+1. The van der Waals surface area contributed by atoms with Crippen molar-refractivity contribution in [2.24, 2.45) is 0 Å². The Balaban J connectivity index is 1.65. The lowest BCUT2D eigenvalue weighted by Gasteiger charge is -2.32. The van der Waals surface area contributed by atoms with Crippen molar-refractivity contribution in [1.29, 1.82) is 0 Å². The Morgan fingerprint density at radius 1 is 0.897 bits per heavy atom. The van der Waals surface area contributed by atoms with Gasteiger partial charge >= 0.3 is 0 Å². The van der Waals surface area contributed by atoms with Crippen LogP contribution in [0.4, 0.5) is 28.4 Å². The van der Waals surface area contributed by atoms with Crippen molar-refractivity contribution in [2.75, 3.05) is 4.90 Å². The molecule has 2 heterocycles. The Morgan fingerprint density at radius 2 is 1.62 bits per heavy atom. The van der Waals surface area contributed by atoms with Crippen LogP contribution in [-0.4, -0.2) is 16.7 Å². The average Bonchev–Trinajstić information content (AvgIpc) is 3.10. The second-order valence-corrected chi connectivity index (χ2v) is 7.29. The Kier molecular flexibility index (Phi) is 3.18. The molecule has 0 aromatic heterocycles. The molecule has 0 bridgehead atoms. The number of hydrogen-bond acceptors (Lipinski definition) is 3. The molecular weight excluding hydrogens is 362 g/mol. The molecule has 1 aliphatic carbocycles. The lowest BCUT2D eigenvalue weighted by molar-refractivity contribution is -0.384. The minimum absolute atomic E-state index is 0.0856. The normalized spacial score (nSPS) is 18.1. The Bertz CT molecular complexity index is 1290. The number of non-ortho nitro benzene ring substituents is 1. The van der Waals surface area contributed by atoms with Crippen LogP contribution in [0.1, 0.15) is 5.56 Å². The van der Waals surface area contributed by atoms with Gasteiger partial charge in [0.1, 0.15) is 11.7 Å². The van der Waals surface area contributed by atoms with Crippen LogP contribution in [0.5, 0.6) is 0 Å². The molecule has 3 aromatic carbocycles. The molecule has 138 valence electrons. The molecule has 3 aromatic rings. The van der Waals surface area contributed by atoms with Crippen molar-refractivity contribution < 1.29 is 4.92 Å². The van der Waals surface area contributed by atoms with E-state index in [-0.39, 0.29) is 16.7 Å². The maximum Gasteiger partial charge on any atom is 0.269 e. The highest BCUT2D eigenvalue weighted by Crippen LogP contribution is 2.51. The summed E-state index contributed by atoms with van der Waals surface area (Å²) >= 11 is 0. The van der Waals surface area contributed by atoms with Gasteiger partial charge in [0.2, 0.25) is 17.1 Å². The van der Waals surface area contributed by atoms with Crippen molar-refractivity contribution in [3.63, 3.8) is 0 Å². The number of nitro benzene ring substituents is 1. The molecule has 0 N–H and O–H groups in total. The number of nitrogens with zero attached hydrogens (tertiary/aromatic N) is 3. The molecule has 1 unspecified atom stereocenters. The molecule has 5 nitrogen and oxygen atoms in total. The molecule has 0 amide bonds. The monoisotopic (exact) mass is 378 g/mol. The van der Waals surface area contributed by atoms with Crippen LogP contribution in [0.15, 0.2) is 91.0 Å². The number of para-hydroxylation sites is 3. The van der Waals surface area contributed by atoms with Crippen LogP contribution in [0.25, 0.3) is 5.57 Å². The molecule has 0 saturated carbocycles. The Labute approximate surface area is 167 Å². The van der Waals surface area contributed by atoms with Gasteiger partial charge in [-0.05, 0) is 17.7 Å². The Morgan fingerprint density at radius 3 is 2.41 bits per heavy atom.